The second-order valence-corrected chi connectivity index (χ2v) is 5.88. The molecule has 0 saturated heterocycles. The first-order valence-electron chi connectivity index (χ1n) is 6.80. The predicted molar refractivity (Wildman–Crippen MR) is 89.7 cm³/mol. The number of phenols is 1. The molecule has 4 rings (SSSR count). The van der Waals surface area contributed by atoms with Gasteiger partial charge in [-0.15, -0.1) is 0 Å². The Hall–Kier alpha value is -2.46. The van der Waals surface area contributed by atoms with Gasteiger partial charge in [-0.3, -0.25) is 4.79 Å². The molecule has 0 bridgehead atoms. The first-order valence-corrected chi connectivity index (χ1v) is 7.59. The number of hydrogen-bond acceptors (Lipinski definition) is 2. The zero-order chi connectivity index (χ0) is 15.3. The molecule has 3 aromatic carbocycles. The predicted octanol–water partition coefficient (Wildman–Crippen LogP) is 4.30. The number of aliphatic imine (C=N–C) groups is 1. The third-order valence-electron chi connectivity index (χ3n) is 3.84. The Morgan fingerprint density at radius 2 is 1.50 bits per heavy atom. The fraction of sp³-hybridized carbons (Fsp3) is 0. The van der Waals surface area contributed by atoms with Crippen LogP contribution in [0, 0.1) is 0 Å². The summed E-state index contributed by atoms with van der Waals surface area (Å²) in [6.45, 7) is 0. The SMILES string of the molecule is O=C1N=C(c2ccccc2)c2c1c(Br)c1ccccc1c2O. The summed E-state index contributed by atoms with van der Waals surface area (Å²) in [6, 6.07) is 16.9. The van der Waals surface area contributed by atoms with E-state index >= 15 is 0 Å². The van der Waals surface area contributed by atoms with E-state index in [4.69, 9.17) is 0 Å². The topological polar surface area (TPSA) is 49.7 Å². The lowest BCUT2D eigenvalue weighted by Crippen LogP contribution is -2.02. The smallest absolute Gasteiger partial charge is 0.279 e. The van der Waals surface area contributed by atoms with Crippen molar-refractivity contribution in [2.45, 2.75) is 0 Å². The summed E-state index contributed by atoms with van der Waals surface area (Å²) < 4.78 is 0.676. The highest BCUT2D eigenvalue weighted by Gasteiger charge is 2.31. The third-order valence-corrected chi connectivity index (χ3v) is 4.66. The lowest BCUT2D eigenvalue weighted by molar-refractivity contribution is 0.101. The number of benzene rings is 3. The summed E-state index contributed by atoms with van der Waals surface area (Å²) in [7, 11) is 0. The Labute approximate surface area is 135 Å². The fourth-order valence-corrected chi connectivity index (χ4v) is 3.54. The van der Waals surface area contributed by atoms with Gasteiger partial charge < -0.3 is 5.11 Å². The van der Waals surface area contributed by atoms with Gasteiger partial charge in [0.25, 0.3) is 5.91 Å². The molecule has 4 heteroatoms. The van der Waals surface area contributed by atoms with Crippen LogP contribution in [0.1, 0.15) is 21.5 Å². The number of aromatic hydroxyl groups is 1. The molecule has 1 N–H and O–H groups in total. The monoisotopic (exact) mass is 351 g/mol. The molecule has 3 nitrogen and oxygen atoms in total. The largest absolute Gasteiger partial charge is 0.507 e. The van der Waals surface area contributed by atoms with E-state index in [1.807, 2.05) is 54.6 Å². The van der Waals surface area contributed by atoms with Gasteiger partial charge in [0.15, 0.2) is 0 Å². The van der Waals surface area contributed by atoms with Gasteiger partial charge in [0.05, 0.1) is 16.8 Å². The van der Waals surface area contributed by atoms with Crippen molar-refractivity contribution in [2.24, 2.45) is 4.99 Å². The molecule has 0 atom stereocenters. The first-order chi connectivity index (χ1) is 10.7. The van der Waals surface area contributed by atoms with Gasteiger partial charge in [-0.05, 0) is 15.9 Å². The second-order valence-electron chi connectivity index (χ2n) is 5.09. The van der Waals surface area contributed by atoms with Gasteiger partial charge >= 0.3 is 0 Å². The van der Waals surface area contributed by atoms with Crippen molar-refractivity contribution in [3.63, 3.8) is 0 Å². The number of carbonyl (C=O) groups is 1. The van der Waals surface area contributed by atoms with Crippen LogP contribution in [-0.4, -0.2) is 16.7 Å². The number of phenolic OH excluding ortho intramolecular Hbond substituents is 1. The van der Waals surface area contributed by atoms with E-state index in [-0.39, 0.29) is 11.7 Å². The molecule has 0 aromatic heterocycles. The van der Waals surface area contributed by atoms with Crippen LogP contribution in [-0.2, 0) is 0 Å². The van der Waals surface area contributed by atoms with Crippen LogP contribution in [0.2, 0.25) is 0 Å². The maximum atomic E-state index is 12.3. The number of hydrogen-bond donors (Lipinski definition) is 1. The standard InChI is InChI=1S/C18H10BrNO2/c19-15-11-8-4-5-9-12(11)17(21)14-13(15)18(22)20-16(14)10-6-2-1-3-7-10/h1-9,21H. The minimum Gasteiger partial charge on any atom is -0.507 e. The van der Waals surface area contributed by atoms with Crippen LogP contribution >= 0.6 is 15.9 Å². The molecule has 0 radical (unpaired) electrons. The average molecular weight is 352 g/mol. The van der Waals surface area contributed by atoms with Crippen molar-refractivity contribution in [1.29, 1.82) is 0 Å². The Morgan fingerprint density at radius 3 is 2.23 bits per heavy atom. The molecule has 1 aliphatic heterocycles. The quantitative estimate of drug-likeness (QED) is 0.710. The van der Waals surface area contributed by atoms with Gasteiger partial charge in [0.1, 0.15) is 5.75 Å². The number of nitrogens with zero attached hydrogens (tertiary/aromatic N) is 1. The number of fused-ring (bicyclic) bond motifs is 2. The van der Waals surface area contributed by atoms with E-state index < -0.39 is 0 Å². The molecule has 3 aromatic rings. The lowest BCUT2D eigenvalue weighted by atomic mass is 9.95. The van der Waals surface area contributed by atoms with Crippen LogP contribution in [0.4, 0.5) is 0 Å². The van der Waals surface area contributed by atoms with Crippen molar-refractivity contribution in [3.05, 3.63) is 75.8 Å². The summed E-state index contributed by atoms with van der Waals surface area (Å²) >= 11 is 3.50. The molecular formula is C18H10BrNO2. The molecule has 1 aliphatic rings. The van der Waals surface area contributed by atoms with Gasteiger partial charge in [-0.1, -0.05) is 54.6 Å². The zero-order valence-electron chi connectivity index (χ0n) is 11.4. The van der Waals surface area contributed by atoms with Crippen molar-refractivity contribution in [1.82, 2.24) is 0 Å². The summed E-state index contributed by atoms with van der Waals surface area (Å²) in [4.78, 5) is 16.5. The highest BCUT2D eigenvalue weighted by atomic mass is 79.9. The number of carbonyl (C=O) groups excluding carboxylic acids is 1. The Balaban J connectivity index is 2.10. The van der Waals surface area contributed by atoms with Crippen molar-refractivity contribution < 1.29 is 9.90 Å². The van der Waals surface area contributed by atoms with Crippen molar-refractivity contribution in [2.75, 3.05) is 0 Å². The van der Waals surface area contributed by atoms with Crippen LogP contribution in [0.25, 0.3) is 10.8 Å². The number of rotatable bonds is 1. The van der Waals surface area contributed by atoms with Crippen LogP contribution in [0.5, 0.6) is 5.75 Å². The Kier molecular flexibility index (Phi) is 2.87. The van der Waals surface area contributed by atoms with Gasteiger partial charge in [0.2, 0.25) is 0 Å². The molecule has 0 saturated carbocycles. The van der Waals surface area contributed by atoms with Gasteiger partial charge in [0, 0.05) is 20.8 Å². The Bertz CT molecular complexity index is 962. The van der Waals surface area contributed by atoms with E-state index in [0.29, 0.717) is 26.7 Å². The normalized spacial score (nSPS) is 13.3. The minimum absolute atomic E-state index is 0.0993. The highest BCUT2D eigenvalue weighted by Crippen LogP contribution is 2.42. The average Bonchev–Trinajstić information content (AvgIpc) is 2.91. The molecule has 0 unspecified atom stereocenters. The summed E-state index contributed by atoms with van der Waals surface area (Å²) in [5.74, 6) is -0.232. The molecule has 1 amide bonds. The molecular weight excluding hydrogens is 342 g/mol. The Morgan fingerprint density at radius 1 is 0.864 bits per heavy atom. The maximum Gasteiger partial charge on any atom is 0.279 e. The van der Waals surface area contributed by atoms with E-state index in [2.05, 4.69) is 20.9 Å². The summed E-state index contributed by atoms with van der Waals surface area (Å²) in [5.41, 5.74) is 2.26. The molecule has 106 valence electrons. The molecule has 0 fully saturated rings. The van der Waals surface area contributed by atoms with Gasteiger partial charge in [-0.25, -0.2) is 4.99 Å². The highest BCUT2D eigenvalue weighted by molar-refractivity contribution is 9.10. The first kappa shape index (κ1) is 13.2. The minimum atomic E-state index is -0.332. The fourth-order valence-electron chi connectivity index (χ4n) is 2.83. The summed E-state index contributed by atoms with van der Waals surface area (Å²) in [6.07, 6.45) is 0. The van der Waals surface area contributed by atoms with Crippen LogP contribution < -0.4 is 0 Å². The lowest BCUT2D eigenvalue weighted by Gasteiger charge is -2.11. The number of halogens is 1. The number of amides is 1. The maximum absolute atomic E-state index is 12.3. The van der Waals surface area contributed by atoms with E-state index in [0.717, 1.165) is 10.9 Å². The van der Waals surface area contributed by atoms with Crippen LogP contribution in [0.3, 0.4) is 0 Å². The molecule has 1 heterocycles. The zero-order valence-corrected chi connectivity index (χ0v) is 13.0. The third kappa shape index (κ3) is 1.74. The molecule has 0 spiro atoms. The van der Waals surface area contributed by atoms with Crippen molar-refractivity contribution >= 4 is 38.3 Å². The van der Waals surface area contributed by atoms with Crippen LogP contribution in [0.15, 0.2) is 64.1 Å². The molecule has 22 heavy (non-hydrogen) atoms. The molecule has 0 aliphatic carbocycles. The van der Waals surface area contributed by atoms with E-state index in [1.54, 1.807) is 0 Å². The van der Waals surface area contributed by atoms with Gasteiger partial charge in [-0.2, -0.15) is 0 Å². The summed E-state index contributed by atoms with van der Waals surface area (Å²) in [5, 5.41) is 12.2. The van der Waals surface area contributed by atoms with Crippen molar-refractivity contribution in [3.8, 4) is 5.75 Å². The van der Waals surface area contributed by atoms with E-state index in [9.17, 15) is 9.90 Å². The van der Waals surface area contributed by atoms with E-state index in [1.165, 1.54) is 0 Å². The second kappa shape index (κ2) is 4.78.